The summed E-state index contributed by atoms with van der Waals surface area (Å²) in [6, 6.07) is 2.02. The molecule has 2 rings (SSSR count). The van der Waals surface area contributed by atoms with Gasteiger partial charge in [0.05, 0.1) is 7.11 Å². The Labute approximate surface area is 92.7 Å². The van der Waals surface area contributed by atoms with Crippen molar-refractivity contribution in [3.63, 3.8) is 0 Å². The van der Waals surface area contributed by atoms with Crippen LogP contribution in [0.1, 0.15) is 23.3 Å². The zero-order chi connectivity index (χ0) is 11.1. The molecule has 1 atom stereocenters. The number of thiophene rings is 1. The zero-order valence-corrected chi connectivity index (χ0v) is 9.63. The van der Waals surface area contributed by atoms with Crippen molar-refractivity contribution in [2.75, 3.05) is 7.11 Å². The Balaban J connectivity index is 2.28. The summed E-state index contributed by atoms with van der Waals surface area (Å²) < 4.78 is 4.59. The molecule has 0 saturated heterocycles. The van der Waals surface area contributed by atoms with Gasteiger partial charge >= 0.3 is 5.97 Å². The van der Waals surface area contributed by atoms with E-state index in [1.165, 1.54) is 7.11 Å². The van der Waals surface area contributed by atoms with Crippen molar-refractivity contribution in [1.29, 1.82) is 0 Å². The molecule has 0 bridgehead atoms. The Kier molecular flexibility index (Phi) is 2.56. The average molecular weight is 226 g/mol. The molecule has 1 fully saturated rings. The molecule has 0 aromatic carbocycles. The highest BCUT2D eigenvalue weighted by molar-refractivity contribution is 7.10. The van der Waals surface area contributed by atoms with E-state index in [2.05, 4.69) is 4.74 Å². The molecular formula is C11H14O3S. The molecule has 1 aromatic heterocycles. The Morgan fingerprint density at radius 1 is 1.67 bits per heavy atom. The maximum atomic E-state index is 11.3. The van der Waals surface area contributed by atoms with Crippen molar-refractivity contribution in [3.05, 3.63) is 21.9 Å². The van der Waals surface area contributed by atoms with Gasteiger partial charge in [0.1, 0.15) is 0 Å². The van der Waals surface area contributed by atoms with Crippen LogP contribution in [0, 0.1) is 6.92 Å². The lowest BCUT2D eigenvalue weighted by Crippen LogP contribution is -2.34. The van der Waals surface area contributed by atoms with Crippen LogP contribution in [0.3, 0.4) is 0 Å². The van der Waals surface area contributed by atoms with Gasteiger partial charge in [-0.3, -0.25) is 0 Å². The van der Waals surface area contributed by atoms with Crippen molar-refractivity contribution in [1.82, 2.24) is 0 Å². The van der Waals surface area contributed by atoms with Crippen LogP contribution in [0.4, 0.5) is 0 Å². The van der Waals surface area contributed by atoms with Crippen molar-refractivity contribution < 1.29 is 14.6 Å². The van der Waals surface area contributed by atoms with E-state index in [1.807, 2.05) is 18.4 Å². The van der Waals surface area contributed by atoms with Gasteiger partial charge in [-0.25, -0.2) is 4.79 Å². The van der Waals surface area contributed by atoms with Gasteiger partial charge in [-0.15, -0.1) is 11.3 Å². The van der Waals surface area contributed by atoms with Crippen LogP contribution in [-0.4, -0.2) is 24.3 Å². The molecule has 0 spiro atoms. The fourth-order valence-electron chi connectivity index (χ4n) is 1.98. The molecule has 0 aliphatic heterocycles. The molecule has 4 heteroatoms. The molecular weight excluding hydrogens is 212 g/mol. The summed E-state index contributed by atoms with van der Waals surface area (Å²) >= 11 is 1.61. The van der Waals surface area contributed by atoms with E-state index in [4.69, 9.17) is 0 Å². The Bertz CT molecular complexity index is 379. The first-order chi connectivity index (χ1) is 7.12. The third-order valence-corrected chi connectivity index (χ3v) is 4.29. The predicted octanol–water partition coefficient (Wildman–Crippen LogP) is 1.62. The summed E-state index contributed by atoms with van der Waals surface area (Å²) in [5, 5.41) is 11.9. The van der Waals surface area contributed by atoms with E-state index in [9.17, 15) is 9.90 Å². The molecule has 1 saturated carbocycles. The number of hydrogen-bond donors (Lipinski definition) is 1. The largest absolute Gasteiger partial charge is 0.467 e. The Morgan fingerprint density at radius 2 is 2.33 bits per heavy atom. The van der Waals surface area contributed by atoms with E-state index in [0.717, 1.165) is 23.3 Å². The number of carbonyl (C=O) groups excluding carboxylic acids is 1. The predicted molar refractivity (Wildman–Crippen MR) is 58.0 cm³/mol. The third-order valence-electron chi connectivity index (χ3n) is 3.05. The molecule has 1 aliphatic carbocycles. The highest BCUT2D eigenvalue weighted by atomic mass is 32.1. The molecule has 1 aliphatic rings. The molecule has 0 radical (unpaired) electrons. The van der Waals surface area contributed by atoms with Gasteiger partial charge in [-0.2, -0.15) is 0 Å². The molecule has 82 valence electrons. The number of esters is 1. The molecule has 0 amide bonds. The summed E-state index contributed by atoms with van der Waals surface area (Å²) in [6.07, 6.45) is 0.717. The van der Waals surface area contributed by atoms with E-state index in [-0.39, 0.29) is 5.41 Å². The van der Waals surface area contributed by atoms with Crippen LogP contribution in [0.2, 0.25) is 0 Å². The summed E-state index contributed by atoms with van der Waals surface area (Å²) in [4.78, 5) is 12.5. The molecule has 3 nitrogen and oxygen atoms in total. The molecule has 1 unspecified atom stereocenters. The normalized spacial score (nSPS) is 19.7. The quantitative estimate of drug-likeness (QED) is 0.797. The number of hydrogen-bond acceptors (Lipinski definition) is 4. The average Bonchev–Trinajstić information content (AvgIpc) is 2.94. The molecule has 1 N–H and O–H groups in total. The second kappa shape index (κ2) is 3.61. The number of methoxy groups -OCH3 is 1. The third kappa shape index (κ3) is 1.58. The monoisotopic (exact) mass is 226 g/mol. The summed E-state index contributed by atoms with van der Waals surface area (Å²) in [5.41, 5.74) is 0.797. The Morgan fingerprint density at radius 3 is 2.73 bits per heavy atom. The SMILES string of the molecule is COC(=O)C(O)C1(c2sccc2C)CC1. The lowest BCUT2D eigenvalue weighted by molar-refractivity contribution is -0.152. The lowest BCUT2D eigenvalue weighted by atomic mass is 9.95. The molecule has 1 heterocycles. The minimum absolute atomic E-state index is 0.356. The number of aliphatic hydroxyl groups is 1. The van der Waals surface area contributed by atoms with E-state index >= 15 is 0 Å². The van der Waals surface area contributed by atoms with Gasteiger partial charge in [-0.1, -0.05) is 0 Å². The van der Waals surface area contributed by atoms with Gasteiger partial charge in [0, 0.05) is 10.3 Å². The molecule has 1 aromatic rings. The van der Waals surface area contributed by atoms with Crippen molar-refractivity contribution in [3.8, 4) is 0 Å². The smallest absolute Gasteiger partial charge is 0.335 e. The highest BCUT2D eigenvalue weighted by Crippen LogP contribution is 2.54. The van der Waals surface area contributed by atoms with Gasteiger partial charge in [0.15, 0.2) is 6.10 Å². The standard InChI is InChI=1S/C11H14O3S/c1-7-3-6-15-9(7)11(4-5-11)8(12)10(13)14-2/h3,6,8,12H,4-5H2,1-2H3. The lowest BCUT2D eigenvalue weighted by Gasteiger charge is -2.19. The van der Waals surface area contributed by atoms with Crippen molar-refractivity contribution in [2.24, 2.45) is 0 Å². The van der Waals surface area contributed by atoms with E-state index < -0.39 is 12.1 Å². The first kappa shape index (κ1) is 10.6. The second-order valence-corrected chi connectivity index (χ2v) is 4.93. The minimum atomic E-state index is -1.01. The molecule has 15 heavy (non-hydrogen) atoms. The second-order valence-electron chi connectivity index (χ2n) is 4.01. The summed E-state index contributed by atoms with van der Waals surface area (Å²) in [6.45, 7) is 2.01. The van der Waals surface area contributed by atoms with E-state index in [0.29, 0.717) is 0 Å². The Hall–Kier alpha value is -0.870. The number of aliphatic hydroxyl groups excluding tert-OH is 1. The number of rotatable bonds is 3. The number of ether oxygens (including phenoxy) is 1. The number of carbonyl (C=O) groups is 1. The number of aryl methyl sites for hydroxylation is 1. The zero-order valence-electron chi connectivity index (χ0n) is 8.82. The van der Waals surface area contributed by atoms with E-state index in [1.54, 1.807) is 11.3 Å². The fourth-order valence-corrected chi connectivity index (χ4v) is 3.19. The maximum absolute atomic E-state index is 11.3. The topological polar surface area (TPSA) is 46.5 Å². The van der Waals surface area contributed by atoms with Crippen LogP contribution in [0.15, 0.2) is 11.4 Å². The van der Waals surface area contributed by atoms with Gasteiger partial charge < -0.3 is 9.84 Å². The first-order valence-electron chi connectivity index (χ1n) is 4.92. The van der Waals surface area contributed by atoms with Crippen LogP contribution in [0.25, 0.3) is 0 Å². The van der Waals surface area contributed by atoms with Crippen LogP contribution >= 0.6 is 11.3 Å². The fraction of sp³-hybridized carbons (Fsp3) is 0.545. The van der Waals surface area contributed by atoms with Crippen LogP contribution in [-0.2, 0) is 14.9 Å². The summed E-state index contributed by atoms with van der Waals surface area (Å²) in [5.74, 6) is -0.527. The minimum Gasteiger partial charge on any atom is -0.467 e. The van der Waals surface area contributed by atoms with Gasteiger partial charge in [0.2, 0.25) is 0 Å². The maximum Gasteiger partial charge on any atom is 0.335 e. The van der Waals surface area contributed by atoms with Crippen molar-refractivity contribution >= 4 is 17.3 Å². The van der Waals surface area contributed by atoms with Crippen LogP contribution < -0.4 is 0 Å². The van der Waals surface area contributed by atoms with Crippen molar-refractivity contribution in [2.45, 2.75) is 31.3 Å². The van der Waals surface area contributed by atoms with Gasteiger partial charge in [0.25, 0.3) is 0 Å². The first-order valence-corrected chi connectivity index (χ1v) is 5.80. The van der Waals surface area contributed by atoms with Gasteiger partial charge in [-0.05, 0) is 36.8 Å². The highest BCUT2D eigenvalue weighted by Gasteiger charge is 2.55. The van der Waals surface area contributed by atoms with Crippen LogP contribution in [0.5, 0.6) is 0 Å². The summed E-state index contributed by atoms with van der Waals surface area (Å²) in [7, 11) is 1.31.